The van der Waals surface area contributed by atoms with E-state index in [1.54, 1.807) is 14.2 Å². The van der Waals surface area contributed by atoms with Crippen molar-refractivity contribution in [1.82, 2.24) is 4.90 Å². The molecule has 1 amide bonds. The molecule has 4 nitrogen and oxygen atoms in total. The first kappa shape index (κ1) is 15.9. The molecule has 0 unspecified atom stereocenters. The van der Waals surface area contributed by atoms with E-state index in [1.165, 1.54) is 36.1 Å². The number of rotatable bonds is 5. The number of methoxy groups -OCH3 is 2. The quantitative estimate of drug-likeness (QED) is 0.831. The van der Waals surface area contributed by atoms with E-state index in [0.717, 1.165) is 37.3 Å². The standard InChI is InChI=1S/C19H25NO3/c1-22-17-9-7-14(13-18(17)23-2)11-12-20-16-6-4-3-5-15(16)8-10-19(20)21/h7,9,13H,3-6,8,10-12H2,1-2H3. The molecule has 0 fully saturated rings. The predicted molar refractivity (Wildman–Crippen MR) is 89.7 cm³/mol. The number of carbonyl (C=O) groups is 1. The van der Waals surface area contributed by atoms with Gasteiger partial charge in [0.15, 0.2) is 11.5 Å². The number of ether oxygens (including phenoxy) is 2. The molecule has 0 spiro atoms. The highest BCUT2D eigenvalue weighted by Gasteiger charge is 2.27. The number of hydrogen-bond acceptors (Lipinski definition) is 3. The molecule has 23 heavy (non-hydrogen) atoms. The normalized spacial score (nSPS) is 18.0. The maximum absolute atomic E-state index is 12.3. The van der Waals surface area contributed by atoms with Gasteiger partial charge in [0.2, 0.25) is 5.91 Å². The van der Waals surface area contributed by atoms with Crippen molar-refractivity contribution >= 4 is 5.91 Å². The van der Waals surface area contributed by atoms with Gasteiger partial charge in [-0.15, -0.1) is 0 Å². The molecule has 1 aromatic carbocycles. The Bertz CT molecular complexity index is 621. The van der Waals surface area contributed by atoms with Crippen LogP contribution in [0, 0.1) is 0 Å². The Labute approximate surface area is 138 Å². The lowest BCUT2D eigenvalue weighted by atomic mass is 9.89. The number of benzene rings is 1. The van der Waals surface area contributed by atoms with Crippen LogP contribution in [-0.4, -0.2) is 31.6 Å². The van der Waals surface area contributed by atoms with Gasteiger partial charge in [-0.1, -0.05) is 11.6 Å². The highest BCUT2D eigenvalue weighted by molar-refractivity contribution is 5.80. The summed E-state index contributed by atoms with van der Waals surface area (Å²) in [5.41, 5.74) is 4.00. The van der Waals surface area contributed by atoms with E-state index >= 15 is 0 Å². The average Bonchev–Trinajstić information content (AvgIpc) is 2.60. The van der Waals surface area contributed by atoms with E-state index in [4.69, 9.17) is 9.47 Å². The number of allylic oxidation sites excluding steroid dienone is 2. The molecule has 1 aliphatic carbocycles. The minimum atomic E-state index is 0.283. The van der Waals surface area contributed by atoms with Crippen LogP contribution in [0.3, 0.4) is 0 Å². The van der Waals surface area contributed by atoms with Gasteiger partial charge in [-0.25, -0.2) is 0 Å². The lowest BCUT2D eigenvalue weighted by molar-refractivity contribution is -0.130. The third kappa shape index (κ3) is 3.36. The summed E-state index contributed by atoms with van der Waals surface area (Å²) in [7, 11) is 3.29. The zero-order valence-electron chi connectivity index (χ0n) is 14.1. The summed E-state index contributed by atoms with van der Waals surface area (Å²) in [6.45, 7) is 0.757. The van der Waals surface area contributed by atoms with E-state index in [2.05, 4.69) is 0 Å². The summed E-state index contributed by atoms with van der Waals surface area (Å²) >= 11 is 0. The fraction of sp³-hybridized carbons (Fsp3) is 0.526. The monoisotopic (exact) mass is 315 g/mol. The zero-order chi connectivity index (χ0) is 16.2. The number of nitrogens with zero attached hydrogens (tertiary/aromatic N) is 1. The molecular formula is C19H25NO3. The molecule has 0 bridgehead atoms. The van der Waals surface area contributed by atoms with Gasteiger partial charge >= 0.3 is 0 Å². The Morgan fingerprint density at radius 3 is 2.57 bits per heavy atom. The Kier molecular flexibility index (Phi) is 4.89. The molecular weight excluding hydrogens is 290 g/mol. The molecule has 0 atom stereocenters. The van der Waals surface area contributed by atoms with E-state index in [0.29, 0.717) is 6.42 Å². The largest absolute Gasteiger partial charge is 0.493 e. The minimum Gasteiger partial charge on any atom is -0.493 e. The van der Waals surface area contributed by atoms with E-state index in [1.807, 2.05) is 23.1 Å². The van der Waals surface area contributed by atoms with Crippen LogP contribution in [0.5, 0.6) is 11.5 Å². The van der Waals surface area contributed by atoms with Gasteiger partial charge < -0.3 is 14.4 Å². The van der Waals surface area contributed by atoms with Crippen molar-refractivity contribution in [1.29, 1.82) is 0 Å². The highest BCUT2D eigenvalue weighted by Crippen LogP contribution is 2.34. The van der Waals surface area contributed by atoms with E-state index in [-0.39, 0.29) is 5.91 Å². The molecule has 3 rings (SSSR count). The molecule has 0 saturated heterocycles. The molecule has 1 aliphatic heterocycles. The van der Waals surface area contributed by atoms with Crippen LogP contribution >= 0.6 is 0 Å². The molecule has 0 saturated carbocycles. The number of hydrogen-bond donors (Lipinski definition) is 0. The number of carbonyl (C=O) groups excluding carboxylic acids is 1. The summed E-state index contributed by atoms with van der Waals surface area (Å²) in [5, 5.41) is 0. The summed E-state index contributed by atoms with van der Waals surface area (Å²) in [6.07, 6.45) is 7.20. The molecule has 1 heterocycles. The molecule has 0 N–H and O–H groups in total. The maximum Gasteiger partial charge on any atom is 0.227 e. The second-order valence-electron chi connectivity index (χ2n) is 6.24. The maximum atomic E-state index is 12.3. The van der Waals surface area contributed by atoms with Crippen molar-refractivity contribution < 1.29 is 14.3 Å². The van der Waals surface area contributed by atoms with Crippen LogP contribution < -0.4 is 9.47 Å². The van der Waals surface area contributed by atoms with E-state index in [9.17, 15) is 4.79 Å². The molecule has 0 radical (unpaired) electrons. The van der Waals surface area contributed by atoms with Crippen molar-refractivity contribution in [2.24, 2.45) is 0 Å². The first-order valence-electron chi connectivity index (χ1n) is 8.45. The van der Waals surface area contributed by atoms with Gasteiger partial charge in [0.05, 0.1) is 14.2 Å². The van der Waals surface area contributed by atoms with Gasteiger partial charge in [0.25, 0.3) is 0 Å². The van der Waals surface area contributed by atoms with Gasteiger partial charge in [0, 0.05) is 18.7 Å². The van der Waals surface area contributed by atoms with Crippen LogP contribution in [-0.2, 0) is 11.2 Å². The van der Waals surface area contributed by atoms with E-state index < -0.39 is 0 Å². The minimum absolute atomic E-state index is 0.283. The molecule has 1 aromatic rings. The van der Waals surface area contributed by atoms with Gasteiger partial charge in [-0.05, 0) is 56.2 Å². The van der Waals surface area contributed by atoms with Crippen LogP contribution in [0.1, 0.15) is 44.1 Å². The van der Waals surface area contributed by atoms with Crippen LogP contribution in [0.2, 0.25) is 0 Å². The second kappa shape index (κ2) is 7.07. The first-order chi connectivity index (χ1) is 11.2. The fourth-order valence-electron chi connectivity index (χ4n) is 3.63. The highest BCUT2D eigenvalue weighted by atomic mass is 16.5. The molecule has 2 aliphatic rings. The molecule has 124 valence electrons. The average molecular weight is 315 g/mol. The SMILES string of the molecule is COc1ccc(CCN2C(=O)CCC3=C2CCCC3)cc1OC. The summed E-state index contributed by atoms with van der Waals surface area (Å²) in [5.74, 6) is 1.77. The lowest BCUT2D eigenvalue weighted by Crippen LogP contribution is -2.36. The fourth-order valence-corrected chi connectivity index (χ4v) is 3.63. The van der Waals surface area contributed by atoms with Crippen molar-refractivity contribution in [2.75, 3.05) is 20.8 Å². The molecule has 0 aromatic heterocycles. The molecule has 4 heteroatoms. The van der Waals surface area contributed by atoms with Crippen LogP contribution in [0.15, 0.2) is 29.5 Å². The van der Waals surface area contributed by atoms with Gasteiger partial charge in [-0.2, -0.15) is 0 Å². The van der Waals surface area contributed by atoms with Crippen molar-refractivity contribution in [2.45, 2.75) is 44.9 Å². The predicted octanol–water partition coefficient (Wildman–Crippen LogP) is 3.70. The first-order valence-corrected chi connectivity index (χ1v) is 8.45. The Hall–Kier alpha value is -1.97. The summed E-state index contributed by atoms with van der Waals surface area (Å²) < 4.78 is 10.6. The lowest BCUT2D eigenvalue weighted by Gasteiger charge is -2.35. The summed E-state index contributed by atoms with van der Waals surface area (Å²) in [4.78, 5) is 14.4. The smallest absolute Gasteiger partial charge is 0.227 e. The van der Waals surface area contributed by atoms with Gasteiger partial charge in [0.1, 0.15) is 0 Å². The Balaban J connectivity index is 1.73. The number of amides is 1. The summed E-state index contributed by atoms with van der Waals surface area (Å²) in [6, 6.07) is 5.98. The van der Waals surface area contributed by atoms with Crippen molar-refractivity contribution in [3.63, 3.8) is 0 Å². The van der Waals surface area contributed by atoms with Gasteiger partial charge in [-0.3, -0.25) is 4.79 Å². The van der Waals surface area contributed by atoms with Crippen molar-refractivity contribution in [3.8, 4) is 11.5 Å². The topological polar surface area (TPSA) is 38.8 Å². The van der Waals surface area contributed by atoms with Crippen molar-refractivity contribution in [3.05, 3.63) is 35.0 Å². The third-order valence-corrected chi connectivity index (χ3v) is 4.89. The van der Waals surface area contributed by atoms with Crippen LogP contribution in [0.4, 0.5) is 0 Å². The Morgan fingerprint density at radius 1 is 1.00 bits per heavy atom. The Morgan fingerprint density at radius 2 is 1.78 bits per heavy atom. The van der Waals surface area contributed by atoms with Crippen LogP contribution in [0.25, 0.3) is 0 Å². The third-order valence-electron chi connectivity index (χ3n) is 4.89. The second-order valence-corrected chi connectivity index (χ2v) is 6.24. The zero-order valence-corrected chi connectivity index (χ0v) is 14.1.